The first kappa shape index (κ1) is 36.9. The third kappa shape index (κ3) is 10.6. The van der Waals surface area contributed by atoms with E-state index in [1.807, 2.05) is 72.8 Å². The van der Waals surface area contributed by atoms with Crippen molar-refractivity contribution >= 4 is 15.9 Å². The quantitative estimate of drug-likeness (QED) is 0.0981. The predicted octanol–water partition coefficient (Wildman–Crippen LogP) is 10.5. The van der Waals surface area contributed by atoms with Gasteiger partial charge in [0.1, 0.15) is 30.5 Å². The third-order valence-electron chi connectivity index (χ3n) is 9.48. The molecule has 1 unspecified atom stereocenters. The van der Waals surface area contributed by atoms with Crippen LogP contribution in [0.15, 0.2) is 174 Å². The van der Waals surface area contributed by atoms with E-state index in [1.54, 1.807) is 0 Å². The topological polar surface area (TPSA) is 46.2 Å². The molecule has 1 fully saturated rings. The Morgan fingerprint density at radius 3 is 1.45 bits per heavy atom. The minimum absolute atomic E-state index is 0.319. The molecule has 7 rings (SSSR count). The molecule has 0 saturated carbocycles. The molecule has 0 N–H and O–H groups in total. The van der Waals surface area contributed by atoms with Crippen LogP contribution in [-0.2, 0) is 56.5 Å². The lowest BCUT2D eigenvalue weighted by Crippen LogP contribution is -2.58. The zero-order chi connectivity index (χ0) is 36.1. The minimum Gasteiger partial charge on any atom is -0.374 e. The molecule has 6 heteroatoms. The van der Waals surface area contributed by atoms with Crippen molar-refractivity contribution in [3.63, 3.8) is 0 Å². The van der Waals surface area contributed by atoms with Crippen LogP contribution in [0.2, 0.25) is 0 Å². The molecule has 0 spiro atoms. The lowest BCUT2D eigenvalue weighted by atomic mass is 9.89. The van der Waals surface area contributed by atoms with Crippen molar-refractivity contribution in [2.24, 2.45) is 0 Å². The van der Waals surface area contributed by atoms with Crippen LogP contribution >= 0.6 is 15.9 Å². The zero-order valence-corrected chi connectivity index (χ0v) is 31.3. The van der Waals surface area contributed by atoms with Gasteiger partial charge in [0.2, 0.25) is 0 Å². The average Bonchev–Trinajstić information content (AvgIpc) is 3.21. The van der Waals surface area contributed by atoms with Crippen LogP contribution in [0.3, 0.4) is 0 Å². The van der Waals surface area contributed by atoms with Gasteiger partial charge in [-0.2, -0.15) is 0 Å². The largest absolute Gasteiger partial charge is 0.374 e. The van der Waals surface area contributed by atoms with E-state index in [0.29, 0.717) is 33.0 Å². The smallest absolute Gasteiger partial charge is 0.117 e. The third-order valence-corrected chi connectivity index (χ3v) is 10.0. The molecule has 6 aromatic rings. The molecule has 0 aromatic heterocycles. The number of ether oxygens (including phenoxy) is 5. The van der Waals surface area contributed by atoms with Gasteiger partial charge < -0.3 is 23.7 Å². The van der Waals surface area contributed by atoms with E-state index in [2.05, 4.69) is 113 Å². The van der Waals surface area contributed by atoms with Crippen molar-refractivity contribution in [2.45, 2.75) is 63.4 Å². The first-order valence-electron chi connectivity index (χ1n) is 18.2. The maximum absolute atomic E-state index is 7.15. The highest BCUT2D eigenvalue weighted by atomic mass is 79.9. The monoisotopic (exact) mass is 768 g/mol. The maximum atomic E-state index is 7.15. The average molecular weight is 770 g/mol. The summed E-state index contributed by atoms with van der Waals surface area (Å²) in [6, 6.07) is 58.1. The molecule has 1 saturated heterocycles. The summed E-state index contributed by atoms with van der Waals surface area (Å²) in [7, 11) is 0. The summed E-state index contributed by atoms with van der Waals surface area (Å²) in [5.74, 6) is 0. The Morgan fingerprint density at radius 2 is 0.906 bits per heavy atom. The summed E-state index contributed by atoms with van der Waals surface area (Å²) < 4.78 is 35.4. The van der Waals surface area contributed by atoms with Crippen LogP contribution < -0.4 is 0 Å². The summed E-state index contributed by atoms with van der Waals surface area (Å²) in [4.78, 5) is 0. The lowest BCUT2D eigenvalue weighted by Gasteiger charge is -2.46. The fourth-order valence-corrected chi connectivity index (χ4v) is 7.04. The van der Waals surface area contributed by atoms with Crippen LogP contribution in [0.1, 0.15) is 45.0 Å². The number of hydrogen-bond acceptors (Lipinski definition) is 5. The van der Waals surface area contributed by atoms with Crippen molar-refractivity contribution in [2.75, 3.05) is 6.61 Å². The number of rotatable bonds is 16. The second-order valence-corrected chi connectivity index (χ2v) is 14.3. The van der Waals surface area contributed by atoms with Gasteiger partial charge in [0, 0.05) is 4.47 Å². The summed E-state index contributed by atoms with van der Waals surface area (Å²) in [6.45, 7) is 1.97. The standard InChI is InChI=1S/C47H45BrO5/c48-42-26-24-35(25-27-42)28-40-22-13-23-41(29-40)44-46(51-32-38-18-9-3-10-19-38)47(52-33-39-20-11-4-12-21-39)45(50-31-37-16-7-2-8-17-37)43(53-44)34-49-30-36-14-5-1-6-15-36/h1-27,29,43-47H,28,30-34H2/t43-,44+,45?,46+,47+/m1/s1. The van der Waals surface area contributed by atoms with Crippen molar-refractivity contribution in [3.05, 3.63) is 213 Å². The lowest BCUT2D eigenvalue weighted by molar-refractivity contribution is -0.275. The van der Waals surface area contributed by atoms with E-state index in [4.69, 9.17) is 23.7 Å². The van der Waals surface area contributed by atoms with E-state index in [9.17, 15) is 0 Å². The molecular weight excluding hydrogens is 724 g/mol. The van der Waals surface area contributed by atoms with E-state index in [1.165, 1.54) is 11.1 Å². The Hall–Kier alpha value is -4.40. The van der Waals surface area contributed by atoms with Crippen LogP contribution in [0.5, 0.6) is 0 Å². The van der Waals surface area contributed by atoms with Gasteiger partial charge in [0.05, 0.1) is 33.0 Å². The van der Waals surface area contributed by atoms with Crippen molar-refractivity contribution in [1.29, 1.82) is 0 Å². The highest BCUT2D eigenvalue weighted by Gasteiger charge is 2.49. The van der Waals surface area contributed by atoms with Crippen LogP contribution in [0.4, 0.5) is 0 Å². The highest BCUT2D eigenvalue weighted by Crippen LogP contribution is 2.39. The molecule has 1 aliphatic heterocycles. The fourth-order valence-electron chi connectivity index (χ4n) is 6.78. The second kappa shape index (κ2) is 19.1. The first-order chi connectivity index (χ1) is 26.2. The van der Waals surface area contributed by atoms with Crippen molar-refractivity contribution in [1.82, 2.24) is 0 Å². The summed E-state index contributed by atoms with van der Waals surface area (Å²) >= 11 is 3.57. The van der Waals surface area contributed by atoms with E-state index in [0.717, 1.165) is 38.7 Å². The van der Waals surface area contributed by atoms with Crippen LogP contribution in [-0.4, -0.2) is 31.0 Å². The fraction of sp³-hybridized carbons (Fsp3) is 0.234. The van der Waals surface area contributed by atoms with Gasteiger partial charge in [-0.05, 0) is 57.5 Å². The van der Waals surface area contributed by atoms with E-state index >= 15 is 0 Å². The SMILES string of the molecule is Brc1ccc(Cc2cccc([C@@H]3O[C@H](COCc4ccccc4)C(OCc4ccccc4)[C@H](OCc4ccccc4)[C@H]3OCc3ccccc3)c2)cc1. The molecule has 1 heterocycles. The summed E-state index contributed by atoms with van der Waals surface area (Å²) in [5.41, 5.74) is 7.78. The molecule has 5 nitrogen and oxygen atoms in total. The van der Waals surface area contributed by atoms with Gasteiger partial charge >= 0.3 is 0 Å². The normalized spacial score (nSPS) is 19.9. The molecule has 270 valence electrons. The number of halogens is 1. The van der Waals surface area contributed by atoms with Gasteiger partial charge in [-0.15, -0.1) is 0 Å². The molecule has 6 aromatic carbocycles. The highest BCUT2D eigenvalue weighted by molar-refractivity contribution is 9.10. The van der Waals surface area contributed by atoms with Gasteiger partial charge in [0.15, 0.2) is 0 Å². The molecule has 0 bridgehead atoms. The second-order valence-electron chi connectivity index (χ2n) is 13.4. The first-order valence-corrected chi connectivity index (χ1v) is 19.0. The van der Waals surface area contributed by atoms with Crippen LogP contribution in [0.25, 0.3) is 0 Å². The van der Waals surface area contributed by atoms with Gasteiger partial charge in [-0.1, -0.05) is 174 Å². The Morgan fingerprint density at radius 1 is 0.434 bits per heavy atom. The maximum Gasteiger partial charge on any atom is 0.117 e. The molecule has 5 atom stereocenters. The van der Waals surface area contributed by atoms with Crippen molar-refractivity contribution in [3.8, 4) is 0 Å². The number of hydrogen-bond donors (Lipinski definition) is 0. The van der Waals surface area contributed by atoms with E-state index < -0.39 is 30.5 Å². The zero-order valence-electron chi connectivity index (χ0n) is 29.7. The van der Waals surface area contributed by atoms with Crippen LogP contribution in [0, 0.1) is 0 Å². The minimum atomic E-state index is -0.493. The molecule has 53 heavy (non-hydrogen) atoms. The summed E-state index contributed by atoms with van der Waals surface area (Å²) in [5, 5.41) is 0. The predicted molar refractivity (Wildman–Crippen MR) is 212 cm³/mol. The number of benzene rings is 6. The molecule has 1 aliphatic rings. The Labute approximate surface area is 321 Å². The molecule has 0 amide bonds. The van der Waals surface area contributed by atoms with Crippen molar-refractivity contribution < 1.29 is 23.7 Å². The molecule has 0 radical (unpaired) electrons. The molecule has 0 aliphatic carbocycles. The molecular formula is C47H45BrO5. The summed E-state index contributed by atoms with van der Waals surface area (Å²) in [6.07, 6.45) is -1.57. The Kier molecular flexibility index (Phi) is 13.3. The van der Waals surface area contributed by atoms with E-state index in [-0.39, 0.29) is 0 Å². The van der Waals surface area contributed by atoms with Gasteiger partial charge in [-0.25, -0.2) is 0 Å². The Balaban J connectivity index is 1.24. The van der Waals surface area contributed by atoms with Gasteiger partial charge in [-0.3, -0.25) is 0 Å². The Bertz CT molecular complexity index is 1940. The van der Waals surface area contributed by atoms with Gasteiger partial charge in [0.25, 0.3) is 0 Å².